The number of sulfone groups is 1. The topological polar surface area (TPSA) is 89.3 Å². The van der Waals surface area contributed by atoms with Crippen molar-refractivity contribution in [2.45, 2.75) is 25.8 Å². The Morgan fingerprint density at radius 3 is 2.50 bits per heavy atom. The summed E-state index contributed by atoms with van der Waals surface area (Å²) < 4.78 is 21.7. The van der Waals surface area contributed by atoms with Crippen molar-refractivity contribution >= 4 is 15.7 Å². The van der Waals surface area contributed by atoms with E-state index in [1.54, 1.807) is 6.92 Å². The quantitative estimate of drug-likeness (QED) is 0.556. The van der Waals surface area contributed by atoms with Crippen LogP contribution in [0.2, 0.25) is 0 Å². The molecule has 0 heterocycles. The predicted octanol–water partition coefficient (Wildman–Crippen LogP) is -0.725. The summed E-state index contributed by atoms with van der Waals surface area (Å²) in [4.78, 5) is 10.4. The van der Waals surface area contributed by atoms with Gasteiger partial charge in [-0.25, -0.2) is 8.42 Å². The summed E-state index contributed by atoms with van der Waals surface area (Å²) in [5.74, 6) is -0.216. The van der Waals surface area contributed by atoms with Crippen LogP contribution in [0.5, 0.6) is 0 Å². The average Bonchev–Trinajstić information content (AvgIpc) is 1.94. The van der Waals surface area contributed by atoms with Gasteiger partial charge in [0.2, 0.25) is 5.91 Å². The lowest BCUT2D eigenvalue weighted by molar-refractivity contribution is -0.118. The predicted molar refractivity (Wildman–Crippen MR) is 55.6 cm³/mol. The minimum Gasteiger partial charge on any atom is -0.370 e. The van der Waals surface area contributed by atoms with E-state index < -0.39 is 9.84 Å². The Kier molecular flexibility index (Phi) is 5.71. The van der Waals surface area contributed by atoms with Gasteiger partial charge in [-0.05, 0) is 19.9 Å². The molecule has 0 rings (SSSR count). The van der Waals surface area contributed by atoms with Crippen LogP contribution in [0, 0.1) is 0 Å². The number of carbonyl (C=O) groups excluding carboxylic acids is 1. The van der Waals surface area contributed by atoms with Crippen LogP contribution < -0.4 is 11.1 Å². The van der Waals surface area contributed by atoms with Crippen molar-refractivity contribution in [3.63, 3.8) is 0 Å². The molecule has 0 aromatic carbocycles. The minimum atomic E-state index is -2.93. The fourth-order valence-electron chi connectivity index (χ4n) is 1.12. The van der Waals surface area contributed by atoms with E-state index in [1.807, 2.05) is 0 Å². The highest BCUT2D eigenvalue weighted by Gasteiger charge is 2.09. The molecule has 14 heavy (non-hydrogen) atoms. The van der Waals surface area contributed by atoms with Crippen molar-refractivity contribution in [1.29, 1.82) is 0 Å². The van der Waals surface area contributed by atoms with Gasteiger partial charge in [0.15, 0.2) is 0 Å². The van der Waals surface area contributed by atoms with E-state index in [-0.39, 0.29) is 17.7 Å². The first-order chi connectivity index (χ1) is 6.31. The van der Waals surface area contributed by atoms with Crippen molar-refractivity contribution in [2.24, 2.45) is 5.73 Å². The lowest BCUT2D eigenvalue weighted by Crippen LogP contribution is -2.33. The van der Waals surface area contributed by atoms with Crippen LogP contribution in [0.15, 0.2) is 0 Å². The summed E-state index contributed by atoms with van der Waals surface area (Å²) in [5.41, 5.74) is 4.95. The number of hydrogen-bond acceptors (Lipinski definition) is 4. The van der Waals surface area contributed by atoms with Crippen molar-refractivity contribution in [1.82, 2.24) is 5.32 Å². The van der Waals surface area contributed by atoms with Gasteiger partial charge in [0.1, 0.15) is 9.84 Å². The van der Waals surface area contributed by atoms with E-state index in [9.17, 15) is 13.2 Å². The van der Waals surface area contributed by atoms with Crippen LogP contribution in [-0.4, -0.2) is 38.9 Å². The highest BCUT2D eigenvalue weighted by Crippen LogP contribution is 1.91. The van der Waals surface area contributed by atoms with Gasteiger partial charge in [0.05, 0.1) is 5.75 Å². The Labute approximate surface area is 85.0 Å². The fraction of sp³-hybridized carbons (Fsp3) is 0.875. The molecule has 1 atom stereocenters. The standard InChI is InChI=1S/C8H18N2O3S/c1-7(6-14(2,12)13)10-5-3-4-8(9)11/h7,10H,3-6H2,1-2H3,(H2,9,11). The normalized spacial score (nSPS) is 13.9. The lowest BCUT2D eigenvalue weighted by Gasteiger charge is -2.11. The molecule has 0 radical (unpaired) electrons. The van der Waals surface area contributed by atoms with E-state index in [4.69, 9.17) is 5.73 Å². The molecule has 3 N–H and O–H groups in total. The summed E-state index contributed by atoms with van der Waals surface area (Å²) in [6.45, 7) is 2.41. The summed E-state index contributed by atoms with van der Waals surface area (Å²) in [7, 11) is -2.93. The van der Waals surface area contributed by atoms with Gasteiger partial charge in [-0.15, -0.1) is 0 Å². The Bertz CT molecular complexity index is 274. The van der Waals surface area contributed by atoms with Crippen LogP contribution in [0.4, 0.5) is 0 Å². The number of primary amides is 1. The van der Waals surface area contributed by atoms with Gasteiger partial charge in [0.25, 0.3) is 0 Å². The van der Waals surface area contributed by atoms with Crippen molar-refractivity contribution in [3.8, 4) is 0 Å². The number of nitrogens with one attached hydrogen (secondary N) is 1. The first-order valence-electron chi connectivity index (χ1n) is 4.50. The van der Waals surface area contributed by atoms with E-state index >= 15 is 0 Å². The smallest absolute Gasteiger partial charge is 0.217 e. The monoisotopic (exact) mass is 222 g/mol. The van der Waals surface area contributed by atoms with Gasteiger partial charge in [-0.1, -0.05) is 0 Å². The fourth-order valence-corrected chi connectivity index (χ4v) is 2.15. The Morgan fingerprint density at radius 2 is 2.07 bits per heavy atom. The van der Waals surface area contributed by atoms with Gasteiger partial charge in [0, 0.05) is 18.7 Å². The summed E-state index contributed by atoms with van der Waals surface area (Å²) in [6.07, 6.45) is 2.18. The van der Waals surface area contributed by atoms with Gasteiger partial charge in [-0.2, -0.15) is 0 Å². The van der Waals surface area contributed by atoms with Gasteiger partial charge >= 0.3 is 0 Å². The maximum absolute atomic E-state index is 10.9. The summed E-state index contributed by atoms with van der Waals surface area (Å²) in [5, 5.41) is 3.01. The molecule has 0 aliphatic rings. The Hall–Kier alpha value is -0.620. The van der Waals surface area contributed by atoms with E-state index in [1.165, 1.54) is 6.26 Å². The van der Waals surface area contributed by atoms with Gasteiger partial charge < -0.3 is 11.1 Å². The molecule has 0 bridgehead atoms. The zero-order valence-corrected chi connectivity index (χ0v) is 9.43. The molecule has 0 aromatic heterocycles. The molecule has 0 aliphatic heterocycles. The largest absolute Gasteiger partial charge is 0.370 e. The molecule has 0 spiro atoms. The molecule has 0 saturated carbocycles. The maximum atomic E-state index is 10.9. The van der Waals surface area contributed by atoms with Gasteiger partial charge in [-0.3, -0.25) is 4.79 Å². The highest BCUT2D eigenvalue weighted by atomic mass is 32.2. The third kappa shape index (κ3) is 9.47. The minimum absolute atomic E-state index is 0.0853. The SMILES string of the molecule is CC(CS(C)(=O)=O)NCCCC(N)=O. The molecule has 0 saturated heterocycles. The zero-order valence-electron chi connectivity index (χ0n) is 8.62. The Balaban J connectivity index is 3.55. The number of carbonyl (C=O) groups is 1. The third-order valence-corrected chi connectivity index (χ3v) is 2.75. The lowest BCUT2D eigenvalue weighted by atomic mass is 10.3. The second-order valence-electron chi connectivity index (χ2n) is 3.52. The summed E-state index contributed by atoms with van der Waals surface area (Å²) >= 11 is 0. The van der Waals surface area contributed by atoms with Crippen molar-refractivity contribution < 1.29 is 13.2 Å². The molecular formula is C8H18N2O3S. The van der Waals surface area contributed by atoms with Crippen LogP contribution in [0.1, 0.15) is 19.8 Å². The van der Waals surface area contributed by atoms with Crippen LogP contribution in [-0.2, 0) is 14.6 Å². The van der Waals surface area contributed by atoms with Crippen LogP contribution >= 0.6 is 0 Å². The average molecular weight is 222 g/mol. The number of nitrogens with two attached hydrogens (primary N) is 1. The van der Waals surface area contributed by atoms with Crippen molar-refractivity contribution in [2.75, 3.05) is 18.6 Å². The number of hydrogen-bond donors (Lipinski definition) is 2. The van der Waals surface area contributed by atoms with E-state index in [0.717, 1.165) is 0 Å². The first kappa shape index (κ1) is 13.4. The molecule has 1 unspecified atom stereocenters. The van der Waals surface area contributed by atoms with Crippen LogP contribution in [0.3, 0.4) is 0 Å². The number of rotatable bonds is 7. The van der Waals surface area contributed by atoms with E-state index in [2.05, 4.69) is 5.32 Å². The molecular weight excluding hydrogens is 204 g/mol. The number of amides is 1. The first-order valence-corrected chi connectivity index (χ1v) is 6.56. The zero-order chi connectivity index (χ0) is 11.2. The summed E-state index contributed by atoms with van der Waals surface area (Å²) in [6, 6.07) is -0.0853. The molecule has 84 valence electrons. The molecule has 0 aromatic rings. The second kappa shape index (κ2) is 5.98. The van der Waals surface area contributed by atoms with Crippen LogP contribution in [0.25, 0.3) is 0 Å². The Morgan fingerprint density at radius 1 is 1.50 bits per heavy atom. The third-order valence-electron chi connectivity index (χ3n) is 1.65. The highest BCUT2D eigenvalue weighted by molar-refractivity contribution is 7.90. The molecule has 1 amide bonds. The van der Waals surface area contributed by atoms with Crippen molar-refractivity contribution in [3.05, 3.63) is 0 Å². The van der Waals surface area contributed by atoms with E-state index in [0.29, 0.717) is 19.4 Å². The second-order valence-corrected chi connectivity index (χ2v) is 5.70. The molecule has 6 heteroatoms. The molecule has 0 aliphatic carbocycles. The molecule has 5 nitrogen and oxygen atoms in total. The maximum Gasteiger partial charge on any atom is 0.217 e. The molecule has 0 fully saturated rings.